The van der Waals surface area contributed by atoms with E-state index in [1.165, 1.54) is 0 Å². The molecule has 60 valence electrons. The van der Waals surface area contributed by atoms with Gasteiger partial charge in [-0.3, -0.25) is 0 Å². The summed E-state index contributed by atoms with van der Waals surface area (Å²) >= 11 is 0. The van der Waals surface area contributed by atoms with Crippen LogP contribution >= 0.6 is 0 Å². The van der Waals surface area contributed by atoms with E-state index in [-0.39, 0.29) is 11.0 Å². The van der Waals surface area contributed by atoms with Crippen molar-refractivity contribution >= 4 is 19.0 Å². The van der Waals surface area contributed by atoms with Gasteiger partial charge in [-0.25, -0.2) is 0 Å². The molecular formula is C7H7BN2O2. The van der Waals surface area contributed by atoms with Crippen LogP contribution in [0.4, 0.5) is 5.69 Å². The van der Waals surface area contributed by atoms with Crippen molar-refractivity contribution in [3.05, 3.63) is 23.8 Å². The molecule has 0 bridgehead atoms. The summed E-state index contributed by atoms with van der Waals surface area (Å²) in [4.78, 5) is 0. The van der Waals surface area contributed by atoms with Gasteiger partial charge in [0.2, 0.25) is 0 Å². The number of nitrogen functional groups attached to an aromatic ring is 1. The first-order valence-electron chi connectivity index (χ1n) is 2.78. The van der Waals surface area contributed by atoms with Gasteiger partial charge < -0.3 is 11.0 Å². The molecule has 1 aromatic rings. The van der Waals surface area contributed by atoms with Gasteiger partial charge in [-0.15, -0.1) is 0 Å². The van der Waals surface area contributed by atoms with Crippen LogP contribution in [0.25, 0.3) is 0 Å². The first kappa shape index (κ1) is 13.1. The standard InChI is InChI=1S/C7H5BN2.2H2O/c8-6-1-5(4-9)2-7(10)3-6;;/h1-3H,10H2;2*1H2/q+2;;/p-2. The summed E-state index contributed by atoms with van der Waals surface area (Å²) in [6, 6.07) is 6.72. The Morgan fingerprint density at radius 3 is 2.25 bits per heavy atom. The molecule has 0 heterocycles. The number of nitrogens with zero attached hydrogens (tertiary/aromatic N) is 1. The van der Waals surface area contributed by atoms with Gasteiger partial charge in [-0.05, 0) is 0 Å². The predicted molar refractivity (Wildman–Crippen MR) is 44.8 cm³/mol. The first-order valence-corrected chi connectivity index (χ1v) is 2.78. The number of hydrogen-bond acceptors (Lipinski definition) is 4. The molecule has 0 spiro atoms. The number of hydrogen-bond donors (Lipinski definition) is 1. The smallest absolute Gasteiger partial charge is 0.870 e. The Morgan fingerprint density at radius 2 is 1.83 bits per heavy atom. The van der Waals surface area contributed by atoms with Crippen molar-refractivity contribution in [3.8, 4) is 6.07 Å². The molecule has 0 aliphatic rings. The molecule has 5 heteroatoms. The minimum absolute atomic E-state index is 0. The molecule has 0 unspecified atom stereocenters. The molecule has 0 aromatic heterocycles. The molecule has 1 aromatic carbocycles. The van der Waals surface area contributed by atoms with Crippen molar-refractivity contribution in [1.29, 1.82) is 5.26 Å². The zero-order valence-corrected chi connectivity index (χ0v) is 6.23. The zero-order chi connectivity index (χ0) is 7.56. The Morgan fingerprint density at radius 1 is 1.25 bits per heavy atom. The normalized spacial score (nSPS) is 7.42. The monoisotopic (exact) mass is 162 g/mol. The summed E-state index contributed by atoms with van der Waals surface area (Å²) < 4.78 is 0. The van der Waals surface area contributed by atoms with Gasteiger partial charge in [-0.1, -0.05) is 0 Å². The summed E-state index contributed by atoms with van der Waals surface area (Å²) in [6.07, 6.45) is 0. The number of rotatable bonds is 0. The van der Waals surface area contributed by atoms with Gasteiger partial charge >= 0.3 is 59.8 Å². The Bertz CT molecular complexity index is 276. The average molecular weight is 162 g/mol. The molecule has 0 saturated carbocycles. The molecule has 0 amide bonds. The molecular weight excluding hydrogens is 155 g/mol. The summed E-state index contributed by atoms with van der Waals surface area (Å²) in [5, 5.41) is 8.43. The minimum atomic E-state index is 0. The molecule has 4 N–H and O–H groups in total. The van der Waals surface area contributed by atoms with Gasteiger partial charge in [0, 0.05) is 0 Å². The van der Waals surface area contributed by atoms with Gasteiger partial charge in [0.15, 0.2) is 0 Å². The summed E-state index contributed by atoms with van der Waals surface area (Å²) in [5.41, 5.74) is 6.95. The van der Waals surface area contributed by atoms with Gasteiger partial charge in [0.1, 0.15) is 0 Å². The van der Waals surface area contributed by atoms with Crippen molar-refractivity contribution in [2.24, 2.45) is 0 Å². The van der Waals surface area contributed by atoms with E-state index in [0.717, 1.165) is 0 Å². The van der Waals surface area contributed by atoms with Crippen molar-refractivity contribution in [1.82, 2.24) is 0 Å². The second-order valence-corrected chi connectivity index (χ2v) is 2.00. The van der Waals surface area contributed by atoms with Crippen LogP contribution in [0.1, 0.15) is 5.56 Å². The largest absolute Gasteiger partial charge is 0.870 e. The number of anilines is 1. The van der Waals surface area contributed by atoms with Crippen LogP contribution < -0.4 is 11.2 Å². The van der Waals surface area contributed by atoms with Crippen molar-refractivity contribution in [2.45, 2.75) is 0 Å². The van der Waals surface area contributed by atoms with Crippen LogP contribution in [0.5, 0.6) is 0 Å². The van der Waals surface area contributed by atoms with E-state index in [9.17, 15) is 0 Å². The van der Waals surface area contributed by atoms with E-state index >= 15 is 0 Å². The fourth-order valence-electron chi connectivity index (χ4n) is 0.741. The molecule has 0 atom stereocenters. The van der Waals surface area contributed by atoms with Crippen LogP contribution in [-0.4, -0.2) is 18.8 Å². The first-order chi connectivity index (χ1) is 4.72. The maximum Gasteiger partial charge on any atom is -0.870 e. The number of nitriles is 1. The Kier molecular flexibility index (Phi) is 5.67. The van der Waals surface area contributed by atoms with Crippen LogP contribution in [0, 0.1) is 11.3 Å². The molecule has 12 heavy (non-hydrogen) atoms. The van der Waals surface area contributed by atoms with E-state index in [2.05, 4.69) is 0 Å². The van der Waals surface area contributed by atoms with Crippen LogP contribution in [0.2, 0.25) is 0 Å². The Labute approximate surface area is 71.6 Å². The molecule has 0 radical (unpaired) electrons. The molecule has 0 aliphatic heterocycles. The van der Waals surface area contributed by atoms with Crippen LogP contribution in [-0.2, 0) is 0 Å². The topological polar surface area (TPSA) is 110 Å². The molecule has 0 saturated heterocycles. The summed E-state index contributed by atoms with van der Waals surface area (Å²) in [7, 11) is 5.40. The quantitative estimate of drug-likeness (QED) is 0.412. The van der Waals surface area contributed by atoms with E-state index in [1.54, 1.807) is 18.2 Å². The summed E-state index contributed by atoms with van der Waals surface area (Å²) in [5.74, 6) is 0. The fourth-order valence-corrected chi connectivity index (χ4v) is 0.741. The maximum atomic E-state index is 8.43. The summed E-state index contributed by atoms with van der Waals surface area (Å²) in [6.45, 7) is 0. The fraction of sp³-hybridized carbons (Fsp3) is 0. The zero-order valence-electron chi connectivity index (χ0n) is 6.23. The third kappa shape index (κ3) is 3.06. The van der Waals surface area contributed by atoms with Gasteiger partial charge in [0.25, 0.3) is 0 Å². The third-order valence-electron chi connectivity index (χ3n) is 1.11. The molecule has 1 rings (SSSR count). The third-order valence-corrected chi connectivity index (χ3v) is 1.11. The molecule has 0 fully saturated rings. The minimum Gasteiger partial charge on any atom is -0.870 e. The molecule has 4 nitrogen and oxygen atoms in total. The maximum absolute atomic E-state index is 8.43. The second-order valence-electron chi connectivity index (χ2n) is 2.00. The van der Waals surface area contributed by atoms with Crippen molar-refractivity contribution in [3.63, 3.8) is 0 Å². The van der Waals surface area contributed by atoms with Crippen LogP contribution in [0.3, 0.4) is 0 Å². The Balaban J connectivity index is 0. The van der Waals surface area contributed by atoms with E-state index in [4.69, 9.17) is 18.8 Å². The van der Waals surface area contributed by atoms with Gasteiger partial charge in [0.05, 0.1) is 0 Å². The SMILES string of the molecule is [B+2]c1cc(N)cc(C#N)c1.[OH-].[OH-]. The van der Waals surface area contributed by atoms with E-state index in [0.29, 0.717) is 16.7 Å². The van der Waals surface area contributed by atoms with Crippen molar-refractivity contribution in [2.75, 3.05) is 5.73 Å². The van der Waals surface area contributed by atoms with E-state index in [1.807, 2.05) is 6.07 Å². The van der Waals surface area contributed by atoms with Crippen molar-refractivity contribution < 1.29 is 11.0 Å². The average Bonchev–Trinajstić information content (AvgIpc) is 1.85. The Hall–Kier alpha value is -1.51. The van der Waals surface area contributed by atoms with Crippen LogP contribution in [0.15, 0.2) is 18.2 Å². The second kappa shape index (κ2) is 5.19. The predicted octanol–water partition coefficient (Wildman–Crippen LogP) is -0.419. The number of nitrogens with two attached hydrogens (primary N) is 1. The van der Waals surface area contributed by atoms with Gasteiger partial charge in [-0.2, -0.15) is 0 Å². The number of benzene rings is 1. The van der Waals surface area contributed by atoms with E-state index < -0.39 is 0 Å². The molecule has 0 aliphatic carbocycles.